The zero-order valence-corrected chi connectivity index (χ0v) is 7.02. The molecular formula is C8H16O2. The van der Waals surface area contributed by atoms with E-state index >= 15 is 0 Å². The first-order chi connectivity index (χ1) is 4.67. The molecule has 1 fully saturated rings. The van der Waals surface area contributed by atoms with Crippen molar-refractivity contribution in [3.05, 3.63) is 0 Å². The molecule has 0 unspecified atom stereocenters. The standard InChI is InChI=1S/C8H16O2/c1-8(2)7(9-3)5-4-6-10-8/h7H,4-6H2,1-3H3/t7-/m1/s1. The van der Waals surface area contributed by atoms with Gasteiger partial charge in [0, 0.05) is 13.7 Å². The van der Waals surface area contributed by atoms with Gasteiger partial charge in [0.1, 0.15) is 0 Å². The molecule has 1 aliphatic heterocycles. The van der Waals surface area contributed by atoms with E-state index in [0.29, 0.717) is 0 Å². The number of ether oxygens (including phenoxy) is 2. The highest BCUT2D eigenvalue weighted by Crippen LogP contribution is 2.26. The first-order valence-electron chi connectivity index (χ1n) is 3.83. The number of hydrogen-bond acceptors (Lipinski definition) is 2. The van der Waals surface area contributed by atoms with E-state index in [1.807, 2.05) is 0 Å². The van der Waals surface area contributed by atoms with Crippen LogP contribution in [-0.2, 0) is 9.47 Å². The van der Waals surface area contributed by atoms with Crippen molar-refractivity contribution in [1.29, 1.82) is 0 Å². The third kappa shape index (κ3) is 1.50. The van der Waals surface area contributed by atoms with Crippen LogP contribution in [0.4, 0.5) is 0 Å². The van der Waals surface area contributed by atoms with Gasteiger partial charge in [-0.05, 0) is 26.7 Å². The van der Waals surface area contributed by atoms with Crippen LogP contribution in [-0.4, -0.2) is 25.4 Å². The molecule has 0 aliphatic carbocycles. The highest BCUT2D eigenvalue weighted by atomic mass is 16.5. The lowest BCUT2D eigenvalue weighted by atomic mass is 9.94. The lowest BCUT2D eigenvalue weighted by molar-refractivity contribution is -0.144. The molecule has 0 saturated carbocycles. The van der Waals surface area contributed by atoms with E-state index in [1.165, 1.54) is 0 Å². The molecule has 1 atom stereocenters. The smallest absolute Gasteiger partial charge is 0.0886 e. The number of hydrogen-bond donors (Lipinski definition) is 0. The Labute approximate surface area is 62.5 Å². The SMILES string of the molecule is CO[C@@H]1CCCOC1(C)C. The largest absolute Gasteiger partial charge is 0.378 e. The predicted molar refractivity (Wildman–Crippen MR) is 40.1 cm³/mol. The fourth-order valence-corrected chi connectivity index (χ4v) is 1.45. The summed E-state index contributed by atoms with van der Waals surface area (Å²) in [6.45, 7) is 5.05. The molecule has 0 amide bonds. The molecule has 60 valence electrons. The van der Waals surface area contributed by atoms with E-state index in [2.05, 4.69) is 13.8 Å². The summed E-state index contributed by atoms with van der Waals surface area (Å²) in [4.78, 5) is 0. The van der Waals surface area contributed by atoms with E-state index in [0.717, 1.165) is 19.4 Å². The second-order valence-corrected chi connectivity index (χ2v) is 3.32. The summed E-state index contributed by atoms with van der Waals surface area (Å²) in [5.41, 5.74) is -0.0764. The molecular weight excluding hydrogens is 128 g/mol. The molecule has 0 aromatic carbocycles. The molecule has 2 heteroatoms. The Morgan fingerprint density at radius 3 is 2.60 bits per heavy atom. The minimum atomic E-state index is -0.0764. The molecule has 2 nitrogen and oxygen atoms in total. The maximum absolute atomic E-state index is 5.54. The zero-order valence-electron chi connectivity index (χ0n) is 7.02. The second-order valence-electron chi connectivity index (χ2n) is 3.32. The van der Waals surface area contributed by atoms with Gasteiger partial charge in [0.05, 0.1) is 11.7 Å². The average molecular weight is 144 g/mol. The van der Waals surface area contributed by atoms with Gasteiger partial charge in [-0.25, -0.2) is 0 Å². The van der Waals surface area contributed by atoms with E-state index in [-0.39, 0.29) is 11.7 Å². The topological polar surface area (TPSA) is 18.5 Å². The Kier molecular flexibility index (Phi) is 2.32. The van der Waals surface area contributed by atoms with Crippen LogP contribution >= 0.6 is 0 Å². The molecule has 1 saturated heterocycles. The Morgan fingerprint density at radius 1 is 1.50 bits per heavy atom. The molecule has 0 N–H and O–H groups in total. The molecule has 0 aromatic rings. The summed E-state index contributed by atoms with van der Waals surface area (Å²) in [5, 5.41) is 0. The van der Waals surface area contributed by atoms with Gasteiger partial charge in [-0.15, -0.1) is 0 Å². The van der Waals surface area contributed by atoms with Gasteiger partial charge in [-0.2, -0.15) is 0 Å². The minimum Gasteiger partial charge on any atom is -0.378 e. The zero-order chi connectivity index (χ0) is 7.61. The van der Waals surface area contributed by atoms with E-state index in [9.17, 15) is 0 Å². The Morgan fingerprint density at radius 2 is 2.20 bits per heavy atom. The van der Waals surface area contributed by atoms with Crippen LogP contribution in [0.5, 0.6) is 0 Å². The van der Waals surface area contributed by atoms with Crippen molar-refractivity contribution < 1.29 is 9.47 Å². The highest BCUT2D eigenvalue weighted by molar-refractivity contribution is 4.83. The summed E-state index contributed by atoms with van der Waals surface area (Å²) in [5.74, 6) is 0. The molecule has 1 rings (SSSR count). The first kappa shape index (κ1) is 8.02. The van der Waals surface area contributed by atoms with Gasteiger partial charge in [0.2, 0.25) is 0 Å². The molecule has 0 bridgehead atoms. The van der Waals surface area contributed by atoms with Crippen molar-refractivity contribution in [3.63, 3.8) is 0 Å². The fourth-order valence-electron chi connectivity index (χ4n) is 1.45. The average Bonchev–Trinajstić information content (AvgIpc) is 1.87. The normalized spacial score (nSPS) is 32.1. The van der Waals surface area contributed by atoms with Gasteiger partial charge in [-0.3, -0.25) is 0 Å². The third-order valence-electron chi connectivity index (χ3n) is 2.14. The van der Waals surface area contributed by atoms with Crippen molar-refractivity contribution >= 4 is 0 Å². The minimum absolute atomic E-state index is 0.0764. The van der Waals surface area contributed by atoms with Gasteiger partial charge in [-0.1, -0.05) is 0 Å². The van der Waals surface area contributed by atoms with Gasteiger partial charge in [0.25, 0.3) is 0 Å². The first-order valence-corrected chi connectivity index (χ1v) is 3.83. The maximum atomic E-state index is 5.54. The van der Waals surface area contributed by atoms with Crippen LogP contribution < -0.4 is 0 Å². The van der Waals surface area contributed by atoms with Crippen molar-refractivity contribution in [2.24, 2.45) is 0 Å². The summed E-state index contributed by atoms with van der Waals surface area (Å²) in [7, 11) is 1.75. The highest BCUT2D eigenvalue weighted by Gasteiger charge is 2.32. The molecule has 0 radical (unpaired) electrons. The lowest BCUT2D eigenvalue weighted by Gasteiger charge is -2.37. The number of methoxy groups -OCH3 is 1. The molecule has 10 heavy (non-hydrogen) atoms. The van der Waals surface area contributed by atoms with Crippen molar-refractivity contribution in [2.45, 2.75) is 38.4 Å². The van der Waals surface area contributed by atoms with Crippen LogP contribution in [0.1, 0.15) is 26.7 Å². The molecule has 0 aromatic heterocycles. The summed E-state index contributed by atoms with van der Waals surface area (Å²) >= 11 is 0. The summed E-state index contributed by atoms with van der Waals surface area (Å²) < 4.78 is 10.8. The Balaban J connectivity index is 2.51. The Hall–Kier alpha value is -0.0800. The van der Waals surface area contributed by atoms with Crippen LogP contribution in [0.15, 0.2) is 0 Å². The molecule has 1 aliphatic rings. The van der Waals surface area contributed by atoms with Crippen molar-refractivity contribution in [2.75, 3.05) is 13.7 Å². The summed E-state index contributed by atoms with van der Waals surface area (Å²) in [6.07, 6.45) is 2.53. The van der Waals surface area contributed by atoms with Crippen LogP contribution in [0, 0.1) is 0 Å². The van der Waals surface area contributed by atoms with Crippen molar-refractivity contribution in [1.82, 2.24) is 0 Å². The van der Waals surface area contributed by atoms with Gasteiger partial charge >= 0.3 is 0 Å². The van der Waals surface area contributed by atoms with Gasteiger partial charge < -0.3 is 9.47 Å². The van der Waals surface area contributed by atoms with E-state index in [1.54, 1.807) is 7.11 Å². The number of rotatable bonds is 1. The van der Waals surface area contributed by atoms with Gasteiger partial charge in [0.15, 0.2) is 0 Å². The third-order valence-corrected chi connectivity index (χ3v) is 2.14. The quantitative estimate of drug-likeness (QED) is 0.556. The lowest BCUT2D eigenvalue weighted by Crippen LogP contribution is -2.44. The molecule has 0 spiro atoms. The van der Waals surface area contributed by atoms with E-state index in [4.69, 9.17) is 9.47 Å². The summed E-state index contributed by atoms with van der Waals surface area (Å²) in [6, 6.07) is 0. The van der Waals surface area contributed by atoms with E-state index < -0.39 is 0 Å². The Bertz CT molecular complexity index is 110. The maximum Gasteiger partial charge on any atom is 0.0886 e. The van der Waals surface area contributed by atoms with Crippen LogP contribution in [0.2, 0.25) is 0 Å². The fraction of sp³-hybridized carbons (Fsp3) is 1.00. The monoisotopic (exact) mass is 144 g/mol. The predicted octanol–water partition coefficient (Wildman–Crippen LogP) is 1.59. The van der Waals surface area contributed by atoms with Crippen LogP contribution in [0.3, 0.4) is 0 Å². The second kappa shape index (κ2) is 2.89. The van der Waals surface area contributed by atoms with Crippen molar-refractivity contribution in [3.8, 4) is 0 Å². The molecule has 1 heterocycles. The van der Waals surface area contributed by atoms with Crippen LogP contribution in [0.25, 0.3) is 0 Å².